The van der Waals surface area contributed by atoms with Crippen molar-refractivity contribution in [3.05, 3.63) is 34.3 Å². The molecule has 2 aliphatic rings. The second-order valence-electron chi connectivity index (χ2n) is 6.46. The molecular formula is C16H22BrClN2O. The van der Waals surface area contributed by atoms with Crippen molar-refractivity contribution in [1.82, 2.24) is 5.32 Å². The normalized spacial score (nSPS) is 29.6. The Morgan fingerprint density at radius 3 is 2.48 bits per heavy atom. The van der Waals surface area contributed by atoms with Crippen LogP contribution in [-0.2, 0) is 10.3 Å². The molecule has 3 rings (SSSR count). The van der Waals surface area contributed by atoms with Crippen molar-refractivity contribution in [2.24, 2.45) is 17.6 Å². The van der Waals surface area contributed by atoms with E-state index in [1.54, 1.807) is 6.92 Å². The highest BCUT2D eigenvalue weighted by molar-refractivity contribution is 9.10. The third-order valence-electron chi connectivity index (χ3n) is 4.97. The summed E-state index contributed by atoms with van der Waals surface area (Å²) in [5.41, 5.74) is 6.16. The van der Waals surface area contributed by atoms with Gasteiger partial charge in [-0.15, -0.1) is 12.4 Å². The lowest BCUT2D eigenvalue weighted by molar-refractivity contribution is -0.127. The minimum absolute atomic E-state index is 0. The first-order chi connectivity index (χ1) is 9.46. The molecule has 3 N–H and O–H groups in total. The summed E-state index contributed by atoms with van der Waals surface area (Å²) in [4.78, 5) is 12.5. The smallest absolute Gasteiger partial charge is 0.244 e. The van der Waals surface area contributed by atoms with Crippen LogP contribution in [0.3, 0.4) is 0 Å². The van der Waals surface area contributed by atoms with Gasteiger partial charge in [0.1, 0.15) is 5.54 Å². The van der Waals surface area contributed by atoms with E-state index in [0.717, 1.165) is 22.4 Å². The molecule has 2 aliphatic carbocycles. The maximum absolute atomic E-state index is 12.5. The monoisotopic (exact) mass is 372 g/mol. The van der Waals surface area contributed by atoms with E-state index in [0.29, 0.717) is 12.0 Å². The Bertz CT molecular complexity index is 518. The highest BCUT2D eigenvalue weighted by Crippen LogP contribution is 2.44. The van der Waals surface area contributed by atoms with Gasteiger partial charge >= 0.3 is 0 Å². The van der Waals surface area contributed by atoms with Crippen LogP contribution in [0.1, 0.15) is 38.2 Å². The Kier molecular flexibility index (Phi) is 5.01. The van der Waals surface area contributed by atoms with Gasteiger partial charge in [0.05, 0.1) is 0 Å². The van der Waals surface area contributed by atoms with Gasteiger partial charge in [0.15, 0.2) is 0 Å². The molecule has 4 unspecified atom stereocenters. The van der Waals surface area contributed by atoms with Gasteiger partial charge in [0, 0.05) is 10.5 Å². The maximum atomic E-state index is 12.5. The molecule has 0 radical (unpaired) electrons. The summed E-state index contributed by atoms with van der Waals surface area (Å²) >= 11 is 3.40. The standard InChI is InChI=1S/C16H21BrN2O.ClH/c1-16(18,12-4-6-13(17)7-5-12)15(20)19-14-9-10-2-3-11(14)8-10;/h4-7,10-11,14H,2-3,8-9,18H2,1H3,(H,19,20);1H. The van der Waals surface area contributed by atoms with Crippen LogP contribution in [0.5, 0.6) is 0 Å². The maximum Gasteiger partial charge on any atom is 0.244 e. The quantitative estimate of drug-likeness (QED) is 0.853. The van der Waals surface area contributed by atoms with Crippen molar-refractivity contribution >= 4 is 34.2 Å². The van der Waals surface area contributed by atoms with Crippen LogP contribution in [0.15, 0.2) is 28.7 Å². The van der Waals surface area contributed by atoms with Crippen LogP contribution in [-0.4, -0.2) is 11.9 Å². The van der Waals surface area contributed by atoms with Gasteiger partial charge < -0.3 is 11.1 Å². The predicted octanol–water partition coefficient (Wildman–Crippen LogP) is 3.35. The summed E-state index contributed by atoms with van der Waals surface area (Å²) in [5, 5.41) is 3.19. The molecular weight excluding hydrogens is 352 g/mol. The molecule has 2 saturated carbocycles. The molecule has 1 aromatic rings. The summed E-state index contributed by atoms with van der Waals surface area (Å²) < 4.78 is 0.991. The number of nitrogens with one attached hydrogen (secondary N) is 1. The number of halogens is 2. The molecule has 5 heteroatoms. The van der Waals surface area contributed by atoms with E-state index in [4.69, 9.17) is 5.73 Å². The number of fused-ring (bicyclic) bond motifs is 2. The van der Waals surface area contributed by atoms with Gasteiger partial charge in [-0.2, -0.15) is 0 Å². The molecule has 4 atom stereocenters. The number of carbonyl (C=O) groups is 1. The van der Waals surface area contributed by atoms with Crippen LogP contribution in [0, 0.1) is 11.8 Å². The molecule has 21 heavy (non-hydrogen) atoms. The van der Waals surface area contributed by atoms with E-state index in [1.165, 1.54) is 19.3 Å². The van der Waals surface area contributed by atoms with Crippen molar-refractivity contribution in [3.8, 4) is 0 Å². The predicted molar refractivity (Wildman–Crippen MR) is 90.3 cm³/mol. The Labute approximate surface area is 140 Å². The lowest BCUT2D eigenvalue weighted by atomic mass is 9.90. The van der Waals surface area contributed by atoms with Crippen molar-refractivity contribution in [3.63, 3.8) is 0 Å². The van der Waals surface area contributed by atoms with E-state index >= 15 is 0 Å². The zero-order valence-corrected chi connectivity index (χ0v) is 14.5. The van der Waals surface area contributed by atoms with E-state index in [-0.39, 0.29) is 18.3 Å². The third-order valence-corrected chi connectivity index (χ3v) is 5.50. The summed E-state index contributed by atoms with van der Waals surface area (Å²) in [6.07, 6.45) is 5.01. The summed E-state index contributed by atoms with van der Waals surface area (Å²) in [6, 6.07) is 7.99. The Balaban J connectivity index is 0.00000161. The van der Waals surface area contributed by atoms with Crippen molar-refractivity contribution < 1.29 is 4.79 Å². The fourth-order valence-corrected chi connectivity index (χ4v) is 3.93. The number of nitrogens with two attached hydrogens (primary N) is 1. The zero-order valence-electron chi connectivity index (χ0n) is 12.1. The molecule has 3 nitrogen and oxygen atoms in total. The third kappa shape index (κ3) is 3.27. The Morgan fingerprint density at radius 2 is 1.95 bits per heavy atom. The van der Waals surface area contributed by atoms with Crippen molar-refractivity contribution in [2.45, 2.75) is 44.2 Å². The second kappa shape index (κ2) is 6.27. The van der Waals surface area contributed by atoms with Crippen LogP contribution in [0.25, 0.3) is 0 Å². The molecule has 0 aliphatic heterocycles. The van der Waals surface area contributed by atoms with Crippen LogP contribution < -0.4 is 11.1 Å². The largest absolute Gasteiger partial charge is 0.351 e. The van der Waals surface area contributed by atoms with E-state index < -0.39 is 5.54 Å². The van der Waals surface area contributed by atoms with Crippen LogP contribution in [0.2, 0.25) is 0 Å². The summed E-state index contributed by atoms with van der Waals surface area (Å²) in [6.45, 7) is 1.79. The first-order valence-electron chi connectivity index (χ1n) is 7.32. The van der Waals surface area contributed by atoms with Gasteiger partial charge in [-0.05, 0) is 55.7 Å². The lowest BCUT2D eigenvalue weighted by Gasteiger charge is -2.29. The van der Waals surface area contributed by atoms with Gasteiger partial charge in [-0.1, -0.05) is 34.5 Å². The second-order valence-corrected chi connectivity index (χ2v) is 7.38. The van der Waals surface area contributed by atoms with Crippen LogP contribution >= 0.6 is 28.3 Å². The molecule has 0 saturated heterocycles. The number of amides is 1. The number of hydrogen-bond donors (Lipinski definition) is 2. The minimum atomic E-state index is -0.970. The minimum Gasteiger partial charge on any atom is -0.351 e. The fraction of sp³-hybridized carbons (Fsp3) is 0.562. The fourth-order valence-electron chi connectivity index (χ4n) is 3.67. The molecule has 0 spiro atoms. The van der Waals surface area contributed by atoms with Crippen LogP contribution in [0.4, 0.5) is 0 Å². The van der Waals surface area contributed by atoms with Gasteiger partial charge in [-0.25, -0.2) is 0 Å². The van der Waals surface area contributed by atoms with E-state index in [2.05, 4.69) is 21.2 Å². The SMILES string of the molecule is CC(N)(C(=O)NC1CC2CCC1C2)c1ccc(Br)cc1.Cl. The van der Waals surface area contributed by atoms with Crippen molar-refractivity contribution in [2.75, 3.05) is 0 Å². The molecule has 1 aromatic carbocycles. The highest BCUT2D eigenvalue weighted by atomic mass is 79.9. The van der Waals surface area contributed by atoms with Gasteiger partial charge in [0.25, 0.3) is 0 Å². The lowest BCUT2D eigenvalue weighted by Crippen LogP contribution is -2.53. The molecule has 0 heterocycles. The number of benzene rings is 1. The number of carbonyl (C=O) groups excluding carboxylic acids is 1. The first kappa shape index (κ1) is 16.8. The highest BCUT2D eigenvalue weighted by Gasteiger charge is 2.42. The molecule has 1 amide bonds. The zero-order chi connectivity index (χ0) is 14.3. The molecule has 0 aromatic heterocycles. The Morgan fingerprint density at radius 1 is 1.29 bits per heavy atom. The Hall–Kier alpha value is -0.580. The van der Waals surface area contributed by atoms with Gasteiger partial charge in [0.2, 0.25) is 5.91 Å². The van der Waals surface area contributed by atoms with E-state index in [1.807, 2.05) is 24.3 Å². The van der Waals surface area contributed by atoms with E-state index in [9.17, 15) is 4.79 Å². The topological polar surface area (TPSA) is 55.1 Å². The van der Waals surface area contributed by atoms with Gasteiger partial charge in [-0.3, -0.25) is 4.79 Å². The number of rotatable bonds is 3. The van der Waals surface area contributed by atoms with Crippen molar-refractivity contribution in [1.29, 1.82) is 0 Å². The average molecular weight is 374 g/mol. The first-order valence-corrected chi connectivity index (χ1v) is 8.12. The molecule has 2 fully saturated rings. The number of hydrogen-bond acceptors (Lipinski definition) is 2. The summed E-state index contributed by atoms with van der Waals surface area (Å²) in [5.74, 6) is 1.43. The molecule has 2 bridgehead atoms. The molecule has 116 valence electrons. The summed E-state index contributed by atoms with van der Waals surface area (Å²) in [7, 11) is 0. The average Bonchev–Trinajstić information content (AvgIpc) is 3.01.